The molecule has 0 saturated carbocycles. The van der Waals surface area contributed by atoms with Gasteiger partial charge in [-0.15, -0.1) is 0 Å². The van der Waals surface area contributed by atoms with Crippen LogP contribution in [0.15, 0.2) is 42.7 Å². The van der Waals surface area contributed by atoms with E-state index in [0.717, 1.165) is 24.2 Å². The minimum Gasteiger partial charge on any atom is -0.373 e. The molecule has 1 aromatic heterocycles. The third-order valence-electron chi connectivity index (χ3n) is 4.27. The first-order chi connectivity index (χ1) is 11.1. The number of nitrogens with two attached hydrogens (primary N) is 1. The van der Waals surface area contributed by atoms with Crippen molar-refractivity contribution in [2.45, 2.75) is 18.6 Å². The molecule has 0 radical (unpaired) electrons. The molecule has 3 atom stereocenters. The van der Waals surface area contributed by atoms with E-state index in [-0.39, 0.29) is 12.0 Å². The molecule has 0 aliphatic carbocycles. The van der Waals surface area contributed by atoms with Crippen LogP contribution < -0.4 is 11.1 Å². The largest absolute Gasteiger partial charge is 0.373 e. The third-order valence-corrected chi connectivity index (χ3v) is 4.27. The van der Waals surface area contributed by atoms with Crippen molar-refractivity contribution in [1.82, 2.24) is 15.1 Å². The van der Waals surface area contributed by atoms with Gasteiger partial charge in [0.1, 0.15) is 6.04 Å². The molecule has 1 amide bonds. The second-order valence-electron chi connectivity index (χ2n) is 5.94. The highest BCUT2D eigenvalue weighted by Gasteiger charge is 2.31. The highest BCUT2D eigenvalue weighted by molar-refractivity contribution is 5.81. The summed E-state index contributed by atoms with van der Waals surface area (Å²) in [6, 6.07) is 9.07. The lowest BCUT2D eigenvalue weighted by atomic mass is 9.96. The van der Waals surface area contributed by atoms with Crippen LogP contribution in [0.25, 0.3) is 0 Å². The lowest BCUT2D eigenvalue weighted by molar-refractivity contribution is -0.120. The van der Waals surface area contributed by atoms with Gasteiger partial charge in [-0.2, -0.15) is 5.10 Å². The zero-order valence-corrected chi connectivity index (χ0v) is 13.2. The summed E-state index contributed by atoms with van der Waals surface area (Å²) < 4.78 is 7.63. The van der Waals surface area contributed by atoms with Crippen molar-refractivity contribution in [2.75, 3.05) is 13.2 Å². The highest BCUT2D eigenvalue weighted by Crippen LogP contribution is 2.34. The molecule has 3 unspecified atom stereocenters. The Labute approximate surface area is 135 Å². The molecule has 1 saturated heterocycles. The topological polar surface area (TPSA) is 82.2 Å². The Morgan fingerprint density at radius 2 is 2.26 bits per heavy atom. The molecule has 1 aromatic carbocycles. The van der Waals surface area contributed by atoms with E-state index in [2.05, 4.69) is 10.4 Å². The Bertz CT molecular complexity index is 656. The van der Waals surface area contributed by atoms with E-state index < -0.39 is 6.04 Å². The fourth-order valence-electron chi connectivity index (χ4n) is 3.10. The van der Waals surface area contributed by atoms with Gasteiger partial charge in [0.25, 0.3) is 0 Å². The van der Waals surface area contributed by atoms with Crippen molar-refractivity contribution in [3.8, 4) is 0 Å². The average Bonchev–Trinajstić information content (AvgIpc) is 3.17. The molecular formula is C17H22N4O2. The van der Waals surface area contributed by atoms with Crippen LogP contribution in [0.2, 0.25) is 0 Å². The molecule has 2 aromatic rings. The predicted molar refractivity (Wildman–Crippen MR) is 86.4 cm³/mol. The summed E-state index contributed by atoms with van der Waals surface area (Å²) >= 11 is 0. The van der Waals surface area contributed by atoms with Crippen molar-refractivity contribution in [1.29, 1.82) is 0 Å². The molecule has 3 rings (SSSR count). The van der Waals surface area contributed by atoms with Crippen LogP contribution in [-0.2, 0) is 16.6 Å². The summed E-state index contributed by atoms with van der Waals surface area (Å²) in [5.74, 6) is -0.0715. The van der Waals surface area contributed by atoms with Crippen LogP contribution in [0.4, 0.5) is 0 Å². The summed E-state index contributed by atoms with van der Waals surface area (Å²) in [7, 11) is 1.89. The summed E-state index contributed by atoms with van der Waals surface area (Å²) in [4.78, 5) is 11.8. The van der Waals surface area contributed by atoms with Crippen molar-refractivity contribution in [2.24, 2.45) is 18.7 Å². The second-order valence-corrected chi connectivity index (χ2v) is 5.94. The smallest absolute Gasteiger partial charge is 0.239 e. The van der Waals surface area contributed by atoms with Crippen LogP contribution >= 0.6 is 0 Å². The Morgan fingerprint density at radius 1 is 1.48 bits per heavy atom. The monoisotopic (exact) mass is 314 g/mol. The van der Waals surface area contributed by atoms with E-state index >= 15 is 0 Å². The number of aromatic nitrogens is 2. The van der Waals surface area contributed by atoms with Gasteiger partial charge >= 0.3 is 0 Å². The maximum Gasteiger partial charge on any atom is 0.239 e. The zero-order chi connectivity index (χ0) is 16.2. The maximum atomic E-state index is 11.8. The molecule has 2 heterocycles. The van der Waals surface area contributed by atoms with Gasteiger partial charge in [-0.1, -0.05) is 30.3 Å². The number of hydrogen-bond donors (Lipinski definition) is 2. The number of ether oxygens (including phenoxy) is 1. The van der Waals surface area contributed by atoms with Gasteiger partial charge in [0.05, 0.1) is 12.3 Å². The zero-order valence-electron chi connectivity index (χ0n) is 13.2. The molecule has 1 aliphatic rings. The van der Waals surface area contributed by atoms with Crippen molar-refractivity contribution in [3.63, 3.8) is 0 Å². The number of rotatable bonds is 6. The predicted octanol–water partition coefficient (Wildman–Crippen LogP) is 1.31. The van der Waals surface area contributed by atoms with E-state index in [1.807, 2.05) is 49.8 Å². The number of primary amides is 1. The number of hydrogen-bond acceptors (Lipinski definition) is 4. The van der Waals surface area contributed by atoms with Crippen LogP contribution in [0.3, 0.4) is 0 Å². The number of carbonyl (C=O) groups is 1. The van der Waals surface area contributed by atoms with Gasteiger partial charge in [-0.25, -0.2) is 0 Å². The van der Waals surface area contributed by atoms with Gasteiger partial charge in [0.2, 0.25) is 5.91 Å². The quantitative estimate of drug-likeness (QED) is 0.842. The van der Waals surface area contributed by atoms with Crippen LogP contribution in [0, 0.1) is 5.92 Å². The van der Waals surface area contributed by atoms with Crippen molar-refractivity contribution >= 4 is 5.91 Å². The molecule has 6 nitrogen and oxygen atoms in total. The normalized spacial score (nSPS) is 22.1. The SMILES string of the molecule is Cn1cc(C2OCCC2CNC(C(N)=O)c2ccccc2)cn1. The number of carbonyl (C=O) groups excluding carboxylic acids is 1. The number of nitrogens with one attached hydrogen (secondary N) is 1. The summed E-state index contributed by atoms with van der Waals surface area (Å²) in [5.41, 5.74) is 7.52. The summed E-state index contributed by atoms with van der Waals surface area (Å²) in [6.07, 6.45) is 4.78. The first-order valence-electron chi connectivity index (χ1n) is 7.83. The fourth-order valence-corrected chi connectivity index (χ4v) is 3.10. The Kier molecular flexibility index (Phi) is 4.73. The van der Waals surface area contributed by atoms with E-state index in [1.165, 1.54) is 0 Å². The van der Waals surface area contributed by atoms with Crippen molar-refractivity contribution < 1.29 is 9.53 Å². The van der Waals surface area contributed by atoms with Crippen LogP contribution in [-0.4, -0.2) is 28.8 Å². The number of benzene rings is 1. The van der Waals surface area contributed by atoms with Crippen molar-refractivity contribution in [3.05, 3.63) is 53.9 Å². The lowest BCUT2D eigenvalue weighted by Crippen LogP contribution is -2.37. The minimum atomic E-state index is -0.480. The Hall–Kier alpha value is -2.18. The first-order valence-corrected chi connectivity index (χ1v) is 7.83. The third kappa shape index (κ3) is 3.60. The van der Waals surface area contributed by atoms with E-state index in [4.69, 9.17) is 10.5 Å². The number of nitrogens with zero attached hydrogens (tertiary/aromatic N) is 2. The summed E-state index contributed by atoms with van der Waals surface area (Å²) in [6.45, 7) is 1.39. The summed E-state index contributed by atoms with van der Waals surface area (Å²) in [5, 5.41) is 7.51. The van der Waals surface area contributed by atoms with Gasteiger partial charge in [-0.3, -0.25) is 9.48 Å². The van der Waals surface area contributed by atoms with Crippen LogP contribution in [0.5, 0.6) is 0 Å². The molecule has 0 bridgehead atoms. The van der Waals surface area contributed by atoms with Crippen LogP contribution in [0.1, 0.15) is 29.7 Å². The van der Waals surface area contributed by atoms with E-state index in [0.29, 0.717) is 12.5 Å². The molecule has 1 aliphatic heterocycles. The molecule has 122 valence electrons. The minimum absolute atomic E-state index is 0.0144. The Morgan fingerprint density at radius 3 is 2.91 bits per heavy atom. The average molecular weight is 314 g/mol. The molecule has 3 N–H and O–H groups in total. The second kappa shape index (κ2) is 6.93. The number of amides is 1. The number of aryl methyl sites for hydroxylation is 1. The van der Waals surface area contributed by atoms with Gasteiger partial charge in [-0.05, 0) is 12.0 Å². The molecule has 6 heteroatoms. The maximum absolute atomic E-state index is 11.8. The lowest BCUT2D eigenvalue weighted by Gasteiger charge is -2.21. The van der Waals surface area contributed by atoms with Gasteiger partial charge in [0.15, 0.2) is 0 Å². The fraction of sp³-hybridized carbons (Fsp3) is 0.412. The standard InChI is InChI=1S/C17H22N4O2/c1-21-11-14(10-20-21)16-13(7-8-23-16)9-19-15(17(18)22)12-5-3-2-4-6-12/h2-6,10-11,13,15-16,19H,7-9H2,1H3,(H2,18,22). The molecular weight excluding hydrogens is 292 g/mol. The van der Waals surface area contributed by atoms with E-state index in [9.17, 15) is 4.79 Å². The first kappa shape index (κ1) is 15.7. The highest BCUT2D eigenvalue weighted by atomic mass is 16.5. The molecule has 23 heavy (non-hydrogen) atoms. The van der Waals surface area contributed by atoms with Gasteiger partial charge < -0.3 is 15.8 Å². The Balaban J connectivity index is 1.67. The molecule has 0 spiro atoms. The van der Waals surface area contributed by atoms with E-state index in [1.54, 1.807) is 4.68 Å². The molecule has 1 fully saturated rings. The van der Waals surface area contributed by atoms with Gasteiger partial charge in [0, 0.05) is 37.9 Å².